The fraction of sp³-hybridized carbons (Fsp3) is 0.143. The summed E-state index contributed by atoms with van der Waals surface area (Å²) in [5, 5.41) is 5.61. The van der Waals surface area contributed by atoms with Crippen molar-refractivity contribution in [2.24, 2.45) is 0 Å². The molecule has 0 saturated carbocycles. The van der Waals surface area contributed by atoms with Gasteiger partial charge in [0.2, 0.25) is 0 Å². The van der Waals surface area contributed by atoms with E-state index >= 15 is 0 Å². The summed E-state index contributed by atoms with van der Waals surface area (Å²) < 4.78 is 0. The third kappa shape index (κ3) is 4.24. The molecule has 0 amide bonds. The van der Waals surface area contributed by atoms with Gasteiger partial charge in [-0.1, -0.05) is 111 Å². The lowest BCUT2D eigenvalue weighted by Crippen LogP contribution is -2.37. The Bertz CT molecular complexity index is 2250. The number of hydrogen-bond acceptors (Lipinski definition) is 3. The quantitative estimate of drug-likeness (QED) is 0.113. The van der Waals surface area contributed by atoms with E-state index in [9.17, 15) is 9.59 Å². The smallest absolute Gasteiger partial charge is 0.197 e. The zero-order valence-corrected chi connectivity index (χ0v) is 27.8. The molecule has 0 N–H and O–H groups in total. The van der Waals surface area contributed by atoms with Gasteiger partial charge in [0.05, 0.1) is 25.0 Å². The van der Waals surface area contributed by atoms with Crippen molar-refractivity contribution in [2.45, 2.75) is 38.9 Å². The minimum Gasteiger partial charge on any atom is -0.310 e. The third-order valence-corrected chi connectivity index (χ3v) is 11.9. The molecule has 0 fully saturated rings. The van der Waals surface area contributed by atoms with Crippen LogP contribution in [0.2, 0.25) is 19.6 Å². The van der Waals surface area contributed by atoms with Gasteiger partial charge in [0.1, 0.15) is 0 Å². The lowest BCUT2D eigenvalue weighted by atomic mass is 9.71. The summed E-state index contributed by atoms with van der Waals surface area (Å²) in [6.45, 7) is 11.8. The Morgan fingerprint density at radius 3 is 1.91 bits per heavy atom. The first kappa shape index (κ1) is 28.4. The number of ketones is 2. The molecular weight excluding hydrogens is 579 g/mol. The lowest BCUT2D eigenvalue weighted by Gasteiger charge is -2.42. The standard InChI is InChI=1S/C42H35NO2Si/c1-42(2)36-12-8-9-13-37(36)43(30-16-18-31(19-17-30)46(3,4)5)38-21-15-29-22-26(14-20-32(29)39(38)42)23-35-40(44)33-24-27-10-6-7-11-28(27)25-34(33)41(35)45/h6-25H,1-5H3. The summed E-state index contributed by atoms with van der Waals surface area (Å²) >= 11 is 0. The molecule has 8 rings (SSSR count). The van der Waals surface area contributed by atoms with E-state index in [4.69, 9.17) is 0 Å². The molecule has 1 heterocycles. The van der Waals surface area contributed by atoms with Crippen LogP contribution in [0.25, 0.3) is 27.6 Å². The molecule has 1 aliphatic heterocycles. The topological polar surface area (TPSA) is 37.4 Å². The number of fused-ring (bicyclic) bond motifs is 6. The first-order chi connectivity index (χ1) is 22.0. The van der Waals surface area contributed by atoms with Gasteiger partial charge in [-0.05, 0) is 86.8 Å². The summed E-state index contributed by atoms with van der Waals surface area (Å²) in [7, 11) is -1.43. The summed E-state index contributed by atoms with van der Waals surface area (Å²) in [4.78, 5) is 29.3. The number of carbonyl (C=O) groups excluding carboxylic acids is 2. The minimum atomic E-state index is -1.43. The van der Waals surface area contributed by atoms with Crippen molar-refractivity contribution >= 4 is 69.5 Å². The maximum absolute atomic E-state index is 13.5. The van der Waals surface area contributed by atoms with Gasteiger partial charge in [-0.15, -0.1) is 0 Å². The fourth-order valence-corrected chi connectivity index (χ4v) is 8.59. The highest BCUT2D eigenvalue weighted by Crippen LogP contribution is 2.53. The average molecular weight is 614 g/mol. The van der Waals surface area contributed by atoms with Gasteiger partial charge in [0.15, 0.2) is 11.6 Å². The highest BCUT2D eigenvalue weighted by atomic mass is 28.3. The zero-order chi connectivity index (χ0) is 32.0. The van der Waals surface area contributed by atoms with Crippen LogP contribution in [0.1, 0.15) is 51.3 Å². The molecule has 4 heteroatoms. The van der Waals surface area contributed by atoms with Crippen molar-refractivity contribution in [2.75, 3.05) is 4.90 Å². The van der Waals surface area contributed by atoms with E-state index in [0.717, 1.165) is 27.4 Å². The van der Waals surface area contributed by atoms with Crippen LogP contribution in [-0.4, -0.2) is 19.6 Å². The Balaban J connectivity index is 1.25. The molecule has 0 bridgehead atoms. The van der Waals surface area contributed by atoms with Crippen molar-refractivity contribution in [3.8, 4) is 0 Å². The second-order valence-electron chi connectivity index (χ2n) is 14.2. The first-order valence-corrected chi connectivity index (χ1v) is 19.4. The number of allylic oxidation sites excluding steroid dienone is 1. The minimum absolute atomic E-state index is 0.204. The number of Topliss-reactive ketones (excluding diaryl/α,β-unsaturated/α-hetero) is 2. The largest absolute Gasteiger partial charge is 0.310 e. The molecule has 0 atom stereocenters. The van der Waals surface area contributed by atoms with E-state index in [1.165, 1.54) is 33.1 Å². The predicted molar refractivity (Wildman–Crippen MR) is 194 cm³/mol. The molecule has 0 aromatic heterocycles. The molecule has 2 aliphatic rings. The van der Waals surface area contributed by atoms with E-state index in [0.29, 0.717) is 11.1 Å². The molecule has 1 aliphatic carbocycles. The van der Waals surface area contributed by atoms with Gasteiger partial charge in [-0.3, -0.25) is 9.59 Å². The molecule has 6 aromatic carbocycles. The third-order valence-electron chi connectivity index (χ3n) is 9.87. The van der Waals surface area contributed by atoms with Crippen molar-refractivity contribution < 1.29 is 9.59 Å². The highest BCUT2D eigenvalue weighted by molar-refractivity contribution is 6.88. The molecule has 0 saturated heterocycles. The van der Waals surface area contributed by atoms with Crippen molar-refractivity contribution in [1.82, 2.24) is 0 Å². The van der Waals surface area contributed by atoms with Crippen LogP contribution in [0.4, 0.5) is 17.1 Å². The predicted octanol–water partition coefficient (Wildman–Crippen LogP) is 10.1. The number of benzene rings is 6. The van der Waals surface area contributed by atoms with Crippen LogP contribution in [-0.2, 0) is 5.41 Å². The van der Waals surface area contributed by atoms with Crippen molar-refractivity contribution in [3.05, 3.63) is 149 Å². The maximum atomic E-state index is 13.5. The molecule has 46 heavy (non-hydrogen) atoms. The van der Waals surface area contributed by atoms with Crippen LogP contribution < -0.4 is 10.1 Å². The summed E-state index contributed by atoms with van der Waals surface area (Å²) in [5.41, 5.74) is 7.87. The van der Waals surface area contributed by atoms with Gasteiger partial charge >= 0.3 is 0 Å². The van der Waals surface area contributed by atoms with Crippen LogP contribution in [0, 0.1) is 0 Å². The Hall–Kier alpha value is -5.06. The van der Waals surface area contributed by atoms with E-state index in [2.05, 4.69) is 111 Å². The number of anilines is 3. The van der Waals surface area contributed by atoms with E-state index < -0.39 is 8.07 Å². The molecule has 6 aromatic rings. The Morgan fingerprint density at radius 1 is 0.630 bits per heavy atom. The number of hydrogen-bond donors (Lipinski definition) is 0. The van der Waals surface area contributed by atoms with Gasteiger partial charge in [0, 0.05) is 22.2 Å². The molecule has 0 radical (unpaired) electrons. The summed E-state index contributed by atoms with van der Waals surface area (Å²) in [5.74, 6) is -0.408. The summed E-state index contributed by atoms with van der Waals surface area (Å²) in [6, 6.07) is 40.1. The lowest BCUT2D eigenvalue weighted by molar-refractivity contribution is 0.0990. The Labute approximate surface area is 270 Å². The Morgan fingerprint density at radius 2 is 1.26 bits per heavy atom. The number of nitrogens with zero attached hydrogens (tertiary/aromatic N) is 1. The van der Waals surface area contributed by atoms with Gasteiger partial charge in [-0.25, -0.2) is 0 Å². The average Bonchev–Trinajstić information content (AvgIpc) is 3.27. The molecule has 0 spiro atoms. The second-order valence-corrected chi connectivity index (χ2v) is 19.3. The number of para-hydroxylation sites is 1. The zero-order valence-electron chi connectivity index (χ0n) is 26.8. The first-order valence-electron chi connectivity index (χ1n) is 15.9. The number of rotatable bonds is 3. The number of carbonyl (C=O) groups is 2. The Kier molecular flexibility index (Phi) is 6.16. The van der Waals surface area contributed by atoms with Gasteiger partial charge in [-0.2, -0.15) is 0 Å². The second kappa shape index (κ2) is 9.97. The van der Waals surface area contributed by atoms with E-state index in [1.807, 2.05) is 42.5 Å². The van der Waals surface area contributed by atoms with Crippen molar-refractivity contribution in [3.63, 3.8) is 0 Å². The van der Waals surface area contributed by atoms with Gasteiger partial charge < -0.3 is 4.90 Å². The maximum Gasteiger partial charge on any atom is 0.197 e. The normalized spacial score (nSPS) is 15.2. The summed E-state index contributed by atoms with van der Waals surface area (Å²) in [6.07, 6.45) is 1.76. The van der Waals surface area contributed by atoms with E-state index in [1.54, 1.807) is 6.08 Å². The molecular formula is C42H35NO2Si. The molecule has 224 valence electrons. The monoisotopic (exact) mass is 613 g/mol. The van der Waals surface area contributed by atoms with Crippen LogP contribution >= 0.6 is 0 Å². The van der Waals surface area contributed by atoms with Crippen molar-refractivity contribution in [1.29, 1.82) is 0 Å². The molecule has 0 unspecified atom stereocenters. The van der Waals surface area contributed by atoms with Crippen LogP contribution in [0.3, 0.4) is 0 Å². The van der Waals surface area contributed by atoms with Gasteiger partial charge in [0.25, 0.3) is 0 Å². The highest BCUT2D eigenvalue weighted by Gasteiger charge is 2.38. The van der Waals surface area contributed by atoms with Crippen LogP contribution in [0.15, 0.2) is 121 Å². The van der Waals surface area contributed by atoms with Crippen LogP contribution in [0.5, 0.6) is 0 Å². The van der Waals surface area contributed by atoms with E-state index in [-0.39, 0.29) is 22.6 Å². The fourth-order valence-electron chi connectivity index (χ4n) is 7.43. The molecule has 3 nitrogen and oxygen atoms in total. The SMILES string of the molecule is CC1(C)c2ccccc2N(c2ccc([Si](C)(C)C)cc2)c2ccc3cc(C=C4C(=O)c5cc6ccccc6cc5C4=O)ccc3c21.